The third kappa shape index (κ3) is 3.10. The average Bonchev–Trinajstić information content (AvgIpc) is 3.10. The summed E-state index contributed by atoms with van der Waals surface area (Å²) in [7, 11) is -4.06. The summed E-state index contributed by atoms with van der Waals surface area (Å²) in [6.07, 6.45) is 0.642. The van der Waals surface area contributed by atoms with Gasteiger partial charge in [0, 0.05) is 17.3 Å². The van der Waals surface area contributed by atoms with E-state index in [0.29, 0.717) is 29.5 Å². The van der Waals surface area contributed by atoms with Crippen LogP contribution in [-0.4, -0.2) is 20.9 Å². The fourth-order valence-electron chi connectivity index (χ4n) is 3.88. The van der Waals surface area contributed by atoms with Crippen molar-refractivity contribution in [1.29, 1.82) is 0 Å². The highest BCUT2D eigenvalue weighted by Gasteiger charge is 2.25. The number of nitrogens with one attached hydrogen (secondary N) is 1. The van der Waals surface area contributed by atoms with Crippen LogP contribution in [-0.2, 0) is 21.3 Å². The number of nitrogens with two attached hydrogens (primary N) is 1. The number of carbonyl (C=O) groups excluding carboxylic acids is 1. The molecule has 3 aromatic carbocycles. The highest BCUT2D eigenvalue weighted by Crippen LogP contribution is 2.32. The number of hydrogen-bond donors (Lipinski definition) is 2. The molecule has 0 bridgehead atoms. The summed E-state index contributed by atoms with van der Waals surface area (Å²) in [5.74, 6) is -0.283. The summed E-state index contributed by atoms with van der Waals surface area (Å²) in [6, 6.07) is 16.4. The largest absolute Gasteiger partial charge is 0.456 e. The Labute approximate surface area is 172 Å². The monoisotopic (exact) mass is 422 g/mol. The Hall–Kier alpha value is -3.36. The zero-order valence-corrected chi connectivity index (χ0v) is 16.6. The van der Waals surface area contributed by atoms with Gasteiger partial charge in [-0.05, 0) is 53.9 Å². The second-order valence-corrected chi connectivity index (χ2v) is 8.74. The van der Waals surface area contributed by atoms with Crippen LogP contribution in [0, 0.1) is 0 Å². The van der Waals surface area contributed by atoms with Crippen LogP contribution in [0.2, 0.25) is 0 Å². The number of hydrogen-bond acceptors (Lipinski definition) is 6. The van der Waals surface area contributed by atoms with Crippen molar-refractivity contribution in [1.82, 2.24) is 5.32 Å². The van der Waals surface area contributed by atoms with E-state index >= 15 is 0 Å². The molecule has 0 saturated heterocycles. The van der Waals surface area contributed by atoms with E-state index in [1.807, 2.05) is 24.3 Å². The quantitative estimate of drug-likeness (QED) is 0.489. The lowest BCUT2D eigenvalue weighted by Gasteiger charge is -2.24. The molecule has 1 atom stereocenters. The number of rotatable bonds is 4. The van der Waals surface area contributed by atoms with E-state index in [9.17, 15) is 13.2 Å². The molecule has 0 aliphatic carbocycles. The first-order valence-corrected chi connectivity index (χ1v) is 10.8. The van der Waals surface area contributed by atoms with Gasteiger partial charge in [0.05, 0.1) is 0 Å². The van der Waals surface area contributed by atoms with E-state index in [0.717, 1.165) is 16.5 Å². The van der Waals surface area contributed by atoms with Crippen molar-refractivity contribution < 1.29 is 21.8 Å². The van der Waals surface area contributed by atoms with Crippen LogP contribution in [0.15, 0.2) is 70.0 Å². The van der Waals surface area contributed by atoms with E-state index in [1.54, 1.807) is 24.3 Å². The summed E-state index contributed by atoms with van der Waals surface area (Å²) < 4.78 is 37.0. The SMILES string of the molecule is NC(=O)C1NCCc2cc(OS(=O)(=O)c3ccc4oc5ccccc5c4c3)ccc21. The Bertz CT molecular complexity index is 1410. The molecule has 7 nitrogen and oxygen atoms in total. The number of para-hydroxylation sites is 1. The van der Waals surface area contributed by atoms with Gasteiger partial charge in [0.25, 0.3) is 0 Å². The topological polar surface area (TPSA) is 112 Å². The Balaban J connectivity index is 1.50. The van der Waals surface area contributed by atoms with Gasteiger partial charge < -0.3 is 19.7 Å². The maximum absolute atomic E-state index is 12.9. The Morgan fingerprint density at radius 3 is 2.67 bits per heavy atom. The number of benzene rings is 3. The summed E-state index contributed by atoms with van der Waals surface area (Å²) >= 11 is 0. The number of fused-ring (bicyclic) bond motifs is 4. The zero-order chi connectivity index (χ0) is 20.9. The number of carbonyl (C=O) groups is 1. The van der Waals surface area contributed by atoms with Gasteiger partial charge in [0.1, 0.15) is 27.9 Å². The summed E-state index contributed by atoms with van der Waals surface area (Å²) in [6.45, 7) is 0.570. The fraction of sp³-hybridized carbons (Fsp3) is 0.136. The minimum absolute atomic E-state index is 0.0379. The number of furan rings is 1. The van der Waals surface area contributed by atoms with Crippen molar-refractivity contribution in [2.45, 2.75) is 17.4 Å². The van der Waals surface area contributed by atoms with Gasteiger partial charge in [-0.2, -0.15) is 8.42 Å². The lowest BCUT2D eigenvalue weighted by Crippen LogP contribution is -2.38. The fourth-order valence-corrected chi connectivity index (χ4v) is 4.83. The molecule has 1 aliphatic heterocycles. The molecule has 1 aliphatic rings. The van der Waals surface area contributed by atoms with Crippen molar-refractivity contribution in [3.05, 3.63) is 71.8 Å². The molecule has 4 aromatic rings. The molecule has 2 heterocycles. The average molecular weight is 422 g/mol. The van der Waals surface area contributed by atoms with Crippen LogP contribution in [0.1, 0.15) is 17.2 Å². The summed E-state index contributed by atoms with van der Waals surface area (Å²) in [4.78, 5) is 11.7. The minimum atomic E-state index is -4.06. The Kier molecular flexibility index (Phi) is 4.27. The molecule has 30 heavy (non-hydrogen) atoms. The summed E-state index contributed by atoms with van der Waals surface area (Å²) in [5.41, 5.74) is 8.31. The molecule has 0 fully saturated rings. The van der Waals surface area contributed by atoms with Crippen LogP contribution in [0.3, 0.4) is 0 Å². The third-order valence-electron chi connectivity index (χ3n) is 5.30. The third-order valence-corrected chi connectivity index (χ3v) is 6.54. The standard InChI is InChI=1S/C22H18N2O5S/c23-22(25)21-16-7-5-14(11-13(16)9-10-24-21)29-30(26,27)15-6-8-20-18(12-15)17-3-1-2-4-19(17)28-20/h1-8,11-12,21,24H,9-10H2,(H2,23,25). The van der Waals surface area contributed by atoms with E-state index in [1.165, 1.54) is 12.1 Å². The first-order chi connectivity index (χ1) is 14.4. The van der Waals surface area contributed by atoms with Crippen LogP contribution in [0.5, 0.6) is 5.75 Å². The molecule has 1 aromatic heterocycles. The van der Waals surface area contributed by atoms with Gasteiger partial charge >= 0.3 is 10.1 Å². The van der Waals surface area contributed by atoms with E-state index in [4.69, 9.17) is 14.3 Å². The molecule has 0 radical (unpaired) electrons. The van der Waals surface area contributed by atoms with Gasteiger partial charge in [-0.15, -0.1) is 0 Å². The Morgan fingerprint density at radius 1 is 1.03 bits per heavy atom. The van der Waals surface area contributed by atoms with Gasteiger partial charge in [-0.3, -0.25) is 4.79 Å². The van der Waals surface area contributed by atoms with Crippen molar-refractivity contribution >= 4 is 38.0 Å². The molecule has 1 unspecified atom stereocenters. The molecule has 0 saturated carbocycles. The molecular formula is C22H18N2O5S. The van der Waals surface area contributed by atoms with Gasteiger partial charge in [-0.1, -0.05) is 24.3 Å². The van der Waals surface area contributed by atoms with Crippen molar-refractivity contribution in [2.24, 2.45) is 5.73 Å². The molecule has 8 heteroatoms. The van der Waals surface area contributed by atoms with E-state index in [2.05, 4.69) is 5.32 Å². The summed E-state index contributed by atoms with van der Waals surface area (Å²) in [5, 5.41) is 4.60. The predicted molar refractivity (Wildman–Crippen MR) is 112 cm³/mol. The molecule has 0 spiro atoms. The maximum atomic E-state index is 12.9. The second-order valence-electron chi connectivity index (χ2n) is 7.19. The van der Waals surface area contributed by atoms with Crippen LogP contribution in [0.4, 0.5) is 0 Å². The first-order valence-electron chi connectivity index (χ1n) is 9.44. The zero-order valence-electron chi connectivity index (χ0n) is 15.8. The second kappa shape index (κ2) is 6.86. The normalized spacial score (nSPS) is 16.5. The highest BCUT2D eigenvalue weighted by atomic mass is 32.2. The minimum Gasteiger partial charge on any atom is -0.456 e. The van der Waals surface area contributed by atoms with Crippen molar-refractivity contribution in [3.63, 3.8) is 0 Å². The van der Waals surface area contributed by atoms with Crippen LogP contribution >= 0.6 is 0 Å². The predicted octanol–water partition coefficient (Wildman–Crippen LogP) is 3.03. The van der Waals surface area contributed by atoms with Gasteiger partial charge in [0.15, 0.2) is 0 Å². The van der Waals surface area contributed by atoms with Gasteiger partial charge in [-0.25, -0.2) is 0 Å². The molecule has 152 valence electrons. The van der Waals surface area contributed by atoms with Crippen molar-refractivity contribution in [2.75, 3.05) is 6.54 Å². The van der Waals surface area contributed by atoms with E-state index in [-0.39, 0.29) is 10.6 Å². The van der Waals surface area contributed by atoms with Gasteiger partial charge in [0.2, 0.25) is 5.91 Å². The van der Waals surface area contributed by atoms with Crippen LogP contribution in [0.25, 0.3) is 21.9 Å². The Morgan fingerprint density at radius 2 is 1.83 bits per heavy atom. The van der Waals surface area contributed by atoms with Crippen molar-refractivity contribution in [3.8, 4) is 5.75 Å². The smallest absolute Gasteiger partial charge is 0.339 e. The highest BCUT2D eigenvalue weighted by molar-refractivity contribution is 7.87. The first kappa shape index (κ1) is 18.7. The molecular weight excluding hydrogens is 404 g/mol. The molecule has 3 N–H and O–H groups in total. The molecule has 5 rings (SSSR count). The lowest BCUT2D eigenvalue weighted by molar-refractivity contribution is -0.120. The number of primary amides is 1. The lowest BCUT2D eigenvalue weighted by atomic mass is 9.94. The molecule has 1 amide bonds. The van der Waals surface area contributed by atoms with E-state index < -0.39 is 22.1 Å². The van der Waals surface area contributed by atoms with Crippen LogP contribution < -0.4 is 15.2 Å². The number of amides is 1. The maximum Gasteiger partial charge on any atom is 0.339 e.